The number of anilines is 1. The maximum Gasteiger partial charge on any atom is 0.351 e. The van der Waals surface area contributed by atoms with Gasteiger partial charge in [0.25, 0.3) is 6.48 Å². The van der Waals surface area contributed by atoms with Crippen molar-refractivity contribution in [3.8, 4) is 0 Å². The summed E-state index contributed by atoms with van der Waals surface area (Å²) in [6.45, 7) is -2.00. The minimum atomic E-state index is -1.51. The number of nitrogens with two attached hydrogens (primary N) is 2. The van der Waals surface area contributed by atoms with Crippen LogP contribution in [0.15, 0.2) is 17.1 Å². The molecule has 0 saturated carbocycles. The first-order valence-electron chi connectivity index (χ1n) is 6.17. The molecule has 0 aliphatic carbocycles. The van der Waals surface area contributed by atoms with Crippen LogP contribution in [0, 0.1) is 0 Å². The average Bonchev–Trinajstić information content (AvgIpc) is 2.76. The van der Waals surface area contributed by atoms with Crippen LogP contribution >= 0.6 is 0 Å². The highest BCUT2D eigenvalue weighted by molar-refractivity contribution is 5.23. The predicted molar refractivity (Wildman–Crippen MR) is 69.5 cm³/mol. The Morgan fingerprint density at radius 1 is 1.71 bits per heavy atom. The smallest absolute Gasteiger partial charge is 0.351 e. The van der Waals surface area contributed by atoms with Gasteiger partial charge in [-0.25, -0.2) is 4.79 Å². The molecule has 4 atom stereocenters. The zero-order valence-corrected chi connectivity index (χ0v) is 11.4. The molecule has 1 aliphatic rings. The van der Waals surface area contributed by atoms with Crippen molar-refractivity contribution in [3.63, 3.8) is 0 Å². The monoisotopic (exact) mass is 302 g/mol. The van der Waals surface area contributed by atoms with E-state index in [1.54, 1.807) is 0 Å². The summed E-state index contributed by atoms with van der Waals surface area (Å²) < 4.78 is 16.4. The Labute approximate surface area is 119 Å². The second-order valence-corrected chi connectivity index (χ2v) is 4.69. The zero-order chi connectivity index (χ0) is 15.6. The molecule has 0 spiro atoms. The van der Waals surface area contributed by atoms with E-state index in [2.05, 4.69) is 9.72 Å². The Balaban J connectivity index is 2.31. The van der Waals surface area contributed by atoms with Gasteiger partial charge in [-0.3, -0.25) is 4.57 Å². The Kier molecular flexibility index (Phi) is 4.56. The van der Waals surface area contributed by atoms with Crippen LogP contribution < -0.4 is 17.2 Å². The number of aliphatic hydroxyl groups excluding tert-OH is 2. The quantitative estimate of drug-likeness (QED) is 0.439. The molecule has 0 radical (unpaired) electrons. The number of aromatic nitrogens is 2. The van der Waals surface area contributed by atoms with E-state index < -0.39 is 36.8 Å². The van der Waals surface area contributed by atoms with Crippen molar-refractivity contribution in [3.05, 3.63) is 22.7 Å². The lowest BCUT2D eigenvalue weighted by Crippen LogP contribution is -2.43. The summed E-state index contributed by atoms with van der Waals surface area (Å²) in [6.07, 6.45) is -0.382. The summed E-state index contributed by atoms with van der Waals surface area (Å²) in [5.41, 5.74) is 9.20. The third-order valence-electron chi connectivity index (χ3n) is 3.11. The Hall–Kier alpha value is -1.56. The lowest BCUT2D eigenvalue weighted by molar-refractivity contribution is -0.280. The summed E-state index contributed by atoms with van der Waals surface area (Å²) in [5, 5.41) is 18.7. The molecule has 10 nitrogen and oxygen atoms in total. The van der Waals surface area contributed by atoms with E-state index in [0.717, 1.165) is 4.57 Å². The van der Waals surface area contributed by atoms with Gasteiger partial charge in [0.15, 0.2) is 6.23 Å². The van der Waals surface area contributed by atoms with Crippen molar-refractivity contribution in [1.29, 1.82) is 0 Å². The molecule has 1 saturated heterocycles. The highest BCUT2D eigenvalue weighted by Crippen LogP contribution is 2.35. The topological polar surface area (TPSA) is 155 Å². The summed E-state index contributed by atoms with van der Waals surface area (Å²) >= 11 is 0. The number of ether oxygens (including phenoxy) is 3. The molecule has 0 bridgehead atoms. The number of methoxy groups -OCH3 is 1. The van der Waals surface area contributed by atoms with Crippen LogP contribution in [0.25, 0.3) is 0 Å². The molecule has 0 amide bonds. The van der Waals surface area contributed by atoms with Gasteiger partial charge >= 0.3 is 5.69 Å². The normalized spacial score (nSPS) is 30.5. The van der Waals surface area contributed by atoms with Gasteiger partial charge in [0.1, 0.15) is 17.6 Å². The fourth-order valence-corrected chi connectivity index (χ4v) is 2.08. The highest BCUT2D eigenvalue weighted by atomic mass is 16.8. The van der Waals surface area contributed by atoms with E-state index in [9.17, 15) is 15.0 Å². The van der Waals surface area contributed by atoms with Gasteiger partial charge in [-0.1, -0.05) is 0 Å². The van der Waals surface area contributed by atoms with Crippen LogP contribution in [0.1, 0.15) is 12.6 Å². The molecule has 6 N–H and O–H groups in total. The van der Waals surface area contributed by atoms with Crippen molar-refractivity contribution in [2.24, 2.45) is 5.73 Å². The van der Waals surface area contributed by atoms with E-state index in [4.69, 9.17) is 20.9 Å². The van der Waals surface area contributed by atoms with Crippen LogP contribution in [0.2, 0.25) is 0 Å². The Morgan fingerprint density at radius 3 is 3.00 bits per heavy atom. The van der Waals surface area contributed by atoms with Gasteiger partial charge < -0.3 is 35.9 Å². The molecule has 0 aromatic carbocycles. The van der Waals surface area contributed by atoms with Gasteiger partial charge in [-0.2, -0.15) is 4.98 Å². The fourth-order valence-electron chi connectivity index (χ4n) is 2.08. The molecule has 3 unspecified atom stereocenters. The highest BCUT2D eigenvalue weighted by Gasteiger charge is 2.46. The minimum Gasteiger partial charge on any atom is -0.392 e. The summed E-state index contributed by atoms with van der Waals surface area (Å²) in [7, 11) is 1.24. The standard InChI is InChI=1S/C11H18N4O6/c1-19-10(18)20-6-4-11(13,5-16)21-8(6)15-3-2-7(12)14-9(15)17/h2-3,6,8,10,16,18H,4-5,13H2,1H3,(H2,12,14,17)/t6?,8?,10?,11-/m0/s1. The first-order valence-corrected chi connectivity index (χ1v) is 6.17. The second kappa shape index (κ2) is 6.05. The first-order chi connectivity index (χ1) is 9.88. The summed E-state index contributed by atoms with van der Waals surface area (Å²) in [5.74, 6) is 0.0600. The largest absolute Gasteiger partial charge is 0.392 e. The average molecular weight is 302 g/mol. The van der Waals surface area contributed by atoms with Crippen molar-refractivity contribution in [2.45, 2.75) is 31.0 Å². The Morgan fingerprint density at radius 2 is 2.43 bits per heavy atom. The molecule has 10 heteroatoms. The van der Waals surface area contributed by atoms with Crippen LogP contribution in [0.4, 0.5) is 5.82 Å². The molecular formula is C11H18N4O6. The molecule has 1 fully saturated rings. The molecular weight excluding hydrogens is 284 g/mol. The zero-order valence-electron chi connectivity index (χ0n) is 11.4. The van der Waals surface area contributed by atoms with E-state index in [1.807, 2.05) is 0 Å². The number of hydrogen-bond acceptors (Lipinski definition) is 9. The molecule has 1 aliphatic heterocycles. The van der Waals surface area contributed by atoms with E-state index in [-0.39, 0.29) is 12.2 Å². The van der Waals surface area contributed by atoms with Crippen molar-refractivity contribution >= 4 is 5.82 Å². The van der Waals surface area contributed by atoms with Gasteiger partial charge in [0.05, 0.1) is 6.61 Å². The van der Waals surface area contributed by atoms with Crippen LogP contribution in [0.3, 0.4) is 0 Å². The molecule has 21 heavy (non-hydrogen) atoms. The van der Waals surface area contributed by atoms with Gasteiger partial charge in [-0.05, 0) is 6.07 Å². The van der Waals surface area contributed by atoms with E-state index in [0.29, 0.717) is 0 Å². The predicted octanol–water partition coefficient (Wildman–Crippen LogP) is -2.30. The maximum atomic E-state index is 11.9. The third-order valence-corrected chi connectivity index (χ3v) is 3.11. The lowest BCUT2D eigenvalue weighted by Gasteiger charge is -2.23. The van der Waals surface area contributed by atoms with Gasteiger partial charge in [-0.15, -0.1) is 0 Å². The SMILES string of the molecule is COC(O)OC1C[C@@](N)(CO)OC1n1ccc(N)nc1=O. The number of hydrogen-bond donors (Lipinski definition) is 4. The molecule has 1 aromatic heterocycles. The molecule has 2 heterocycles. The fraction of sp³-hybridized carbons (Fsp3) is 0.636. The van der Waals surface area contributed by atoms with Crippen molar-refractivity contribution < 1.29 is 24.4 Å². The molecule has 1 aromatic rings. The van der Waals surface area contributed by atoms with Crippen LogP contribution in [-0.4, -0.2) is 51.8 Å². The lowest BCUT2D eigenvalue weighted by atomic mass is 10.1. The van der Waals surface area contributed by atoms with E-state index in [1.165, 1.54) is 19.4 Å². The summed E-state index contributed by atoms with van der Waals surface area (Å²) in [6, 6.07) is 1.41. The number of nitrogens with zero attached hydrogens (tertiary/aromatic N) is 2. The van der Waals surface area contributed by atoms with Crippen molar-refractivity contribution in [2.75, 3.05) is 19.5 Å². The molecule has 2 rings (SSSR count). The molecule has 118 valence electrons. The summed E-state index contributed by atoms with van der Waals surface area (Å²) in [4.78, 5) is 15.4. The third kappa shape index (κ3) is 3.37. The second-order valence-electron chi connectivity index (χ2n) is 4.69. The van der Waals surface area contributed by atoms with Gasteiger partial charge in [0, 0.05) is 19.7 Å². The number of nitrogen functional groups attached to an aromatic ring is 1. The minimum absolute atomic E-state index is 0.0470. The first kappa shape index (κ1) is 15.8. The number of aliphatic hydroxyl groups is 2. The van der Waals surface area contributed by atoms with Crippen LogP contribution in [0.5, 0.6) is 0 Å². The van der Waals surface area contributed by atoms with Crippen LogP contribution in [-0.2, 0) is 14.2 Å². The van der Waals surface area contributed by atoms with E-state index >= 15 is 0 Å². The van der Waals surface area contributed by atoms with Crippen molar-refractivity contribution in [1.82, 2.24) is 9.55 Å². The Bertz CT molecular complexity index is 552. The number of rotatable bonds is 5. The maximum absolute atomic E-state index is 11.9. The van der Waals surface area contributed by atoms with Gasteiger partial charge in [0.2, 0.25) is 0 Å².